The molecule has 19 heavy (non-hydrogen) atoms. The summed E-state index contributed by atoms with van der Waals surface area (Å²) in [4.78, 5) is 47.8. The first kappa shape index (κ1) is 11.3. The van der Waals surface area contributed by atoms with E-state index < -0.39 is 17.6 Å². The predicted octanol–water partition coefficient (Wildman–Crippen LogP) is 1.05. The van der Waals surface area contributed by atoms with Gasteiger partial charge >= 0.3 is 0 Å². The average molecular weight is 253 g/mol. The zero-order valence-corrected chi connectivity index (χ0v) is 9.62. The fourth-order valence-corrected chi connectivity index (χ4v) is 2.15. The molecule has 0 aromatic heterocycles. The molecule has 2 aliphatic rings. The molecular weight excluding hydrogens is 246 g/mol. The molecule has 5 heteroatoms. The zero-order chi connectivity index (χ0) is 13.6. The van der Waals surface area contributed by atoms with E-state index >= 15 is 0 Å². The predicted molar refractivity (Wildman–Crippen MR) is 65.9 cm³/mol. The lowest BCUT2D eigenvalue weighted by Gasteiger charge is -2.20. The van der Waals surface area contributed by atoms with Gasteiger partial charge in [-0.3, -0.25) is 19.2 Å². The minimum absolute atomic E-state index is 0.0976. The molecule has 0 fully saturated rings. The van der Waals surface area contributed by atoms with Crippen LogP contribution in [0.3, 0.4) is 0 Å². The summed E-state index contributed by atoms with van der Waals surface area (Å²) in [6, 6.07) is 4.52. The summed E-state index contributed by atoms with van der Waals surface area (Å²) >= 11 is 0. The summed E-state index contributed by atoms with van der Waals surface area (Å²) in [7, 11) is 0. The second kappa shape index (κ2) is 3.84. The highest BCUT2D eigenvalue weighted by atomic mass is 16.2. The molecule has 0 spiro atoms. The van der Waals surface area contributed by atoms with Gasteiger partial charge in [0.15, 0.2) is 11.6 Å². The number of imide groups is 1. The van der Waals surface area contributed by atoms with Gasteiger partial charge in [0.05, 0.1) is 11.3 Å². The number of amides is 2. The number of anilines is 1. The summed E-state index contributed by atoms with van der Waals surface area (Å²) < 4.78 is 0. The van der Waals surface area contributed by atoms with Gasteiger partial charge in [0.2, 0.25) is 0 Å². The van der Waals surface area contributed by atoms with E-state index in [1.807, 2.05) is 0 Å². The minimum atomic E-state index is -0.520. The van der Waals surface area contributed by atoms with Crippen molar-refractivity contribution in [1.82, 2.24) is 0 Å². The molecule has 5 nitrogen and oxygen atoms in total. The lowest BCUT2D eigenvalue weighted by molar-refractivity contribution is -0.119. The Morgan fingerprint density at radius 3 is 2.05 bits per heavy atom. The first-order valence-electron chi connectivity index (χ1n) is 5.55. The van der Waals surface area contributed by atoms with Gasteiger partial charge in [-0.05, 0) is 18.2 Å². The molecule has 0 saturated heterocycles. The van der Waals surface area contributed by atoms with Gasteiger partial charge in [-0.2, -0.15) is 0 Å². The Kier molecular flexibility index (Phi) is 2.28. The van der Waals surface area contributed by atoms with Crippen LogP contribution in [-0.4, -0.2) is 23.4 Å². The molecular formula is C14H7NO4. The average Bonchev–Trinajstić information content (AvgIpc) is 2.73. The van der Waals surface area contributed by atoms with Crippen LogP contribution in [0.5, 0.6) is 0 Å². The van der Waals surface area contributed by atoms with Crippen molar-refractivity contribution in [2.75, 3.05) is 4.90 Å². The van der Waals surface area contributed by atoms with Gasteiger partial charge < -0.3 is 0 Å². The van der Waals surface area contributed by atoms with Crippen LogP contribution < -0.4 is 4.90 Å². The molecule has 1 aliphatic heterocycles. The van der Waals surface area contributed by atoms with E-state index in [4.69, 9.17) is 0 Å². The van der Waals surface area contributed by atoms with Crippen LogP contribution in [0.2, 0.25) is 0 Å². The van der Waals surface area contributed by atoms with Crippen molar-refractivity contribution in [3.8, 4) is 0 Å². The maximum Gasteiger partial charge on any atom is 0.258 e. The number of carbonyl (C=O) groups is 4. The number of fused-ring (bicyclic) bond motifs is 1. The number of ketones is 2. The number of benzene rings is 1. The highest BCUT2D eigenvalue weighted by Gasteiger charge is 2.31. The Morgan fingerprint density at radius 2 is 1.37 bits per heavy atom. The van der Waals surface area contributed by atoms with Crippen molar-refractivity contribution < 1.29 is 19.2 Å². The SMILES string of the molecule is O=C1C=CC(=O)c2c1cccc2N1C(=O)C=CC1=O. The molecule has 0 radical (unpaired) electrons. The normalized spacial score (nSPS) is 17.4. The van der Waals surface area contributed by atoms with E-state index in [1.165, 1.54) is 24.3 Å². The number of rotatable bonds is 1. The molecule has 1 aromatic carbocycles. The second-order valence-electron chi connectivity index (χ2n) is 4.11. The third kappa shape index (κ3) is 1.55. The molecule has 2 amide bonds. The Balaban J connectivity index is 2.23. The summed E-state index contributed by atoms with van der Waals surface area (Å²) in [5, 5.41) is 0. The number of allylic oxidation sites excluding steroid dienone is 2. The monoisotopic (exact) mass is 253 g/mol. The lowest BCUT2D eigenvalue weighted by Crippen LogP contribution is -2.32. The third-order valence-corrected chi connectivity index (χ3v) is 2.99. The Bertz CT molecular complexity index is 694. The van der Waals surface area contributed by atoms with Crippen molar-refractivity contribution >= 4 is 29.1 Å². The van der Waals surface area contributed by atoms with E-state index in [1.54, 1.807) is 0 Å². The van der Waals surface area contributed by atoms with Crippen molar-refractivity contribution in [3.63, 3.8) is 0 Å². The second-order valence-corrected chi connectivity index (χ2v) is 4.11. The number of hydrogen-bond acceptors (Lipinski definition) is 4. The largest absolute Gasteiger partial charge is 0.289 e. The van der Waals surface area contributed by atoms with Crippen LogP contribution in [0.1, 0.15) is 20.7 Å². The molecule has 0 N–H and O–H groups in total. The van der Waals surface area contributed by atoms with Gasteiger partial charge in [-0.1, -0.05) is 12.1 Å². The first-order chi connectivity index (χ1) is 9.09. The number of nitrogens with zero attached hydrogens (tertiary/aromatic N) is 1. The molecule has 0 unspecified atom stereocenters. The summed E-state index contributed by atoms with van der Waals surface area (Å²) in [6.07, 6.45) is 4.59. The van der Waals surface area contributed by atoms with E-state index in [0.29, 0.717) is 0 Å². The maximum absolute atomic E-state index is 11.9. The third-order valence-electron chi connectivity index (χ3n) is 2.99. The fraction of sp³-hybridized carbons (Fsp3) is 0. The topological polar surface area (TPSA) is 71.5 Å². The first-order valence-corrected chi connectivity index (χ1v) is 5.55. The highest BCUT2D eigenvalue weighted by Crippen LogP contribution is 2.29. The van der Waals surface area contributed by atoms with Crippen LogP contribution in [0.25, 0.3) is 0 Å². The van der Waals surface area contributed by atoms with Gasteiger partial charge in [0, 0.05) is 17.7 Å². The zero-order valence-electron chi connectivity index (χ0n) is 9.62. The summed E-state index contributed by atoms with van der Waals surface area (Å²) in [5.74, 6) is -1.75. The fourth-order valence-electron chi connectivity index (χ4n) is 2.15. The molecule has 1 aliphatic carbocycles. The Morgan fingerprint density at radius 1 is 0.737 bits per heavy atom. The summed E-state index contributed by atoms with van der Waals surface area (Å²) in [5.41, 5.74) is 0.457. The molecule has 0 bridgehead atoms. The molecule has 0 atom stereocenters. The van der Waals surface area contributed by atoms with E-state index in [0.717, 1.165) is 23.1 Å². The molecule has 1 aromatic rings. The lowest BCUT2D eigenvalue weighted by atomic mass is 9.93. The maximum atomic E-state index is 11.9. The van der Waals surface area contributed by atoms with E-state index in [9.17, 15) is 19.2 Å². The van der Waals surface area contributed by atoms with E-state index in [-0.39, 0.29) is 22.6 Å². The minimum Gasteiger partial charge on any atom is -0.289 e. The smallest absolute Gasteiger partial charge is 0.258 e. The molecule has 92 valence electrons. The Labute approximate surface area is 107 Å². The van der Waals surface area contributed by atoms with Gasteiger partial charge in [0.1, 0.15) is 0 Å². The molecule has 3 rings (SSSR count). The summed E-state index contributed by atoms with van der Waals surface area (Å²) in [6.45, 7) is 0. The van der Waals surface area contributed by atoms with Crippen LogP contribution in [-0.2, 0) is 9.59 Å². The number of carbonyl (C=O) groups excluding carboxylic acids is 4. The molecule has 0 saturated carbocycles. The van der Waals surface area contributed by atoms with Crippen LogP contribution in [0.4, 0.5) is 5.69 Å². The number of hydrogen-bond donors (Lipinski definition) is 0. The van der Waals surface area contributed by atoms with Crippen molar-refractivity contribution in [3.05, 3.63) is 53.6 Å². The quantitative estimate of drug-likeness (QED) is 0.701. The van der Waals surface area contributed by atoms with Crippen LogP contribution >= 0.6 is 0 Å². The molecule has 1 heterocycles. The standard InChI is InChI=1S/C14H7NO4/c16-10-4-5-11(17)14-8(10)2-1-3-9(14)15-12(18)6-7-13(15)19/h1-7H. The van der Waals surface area contributed by atoms with E-state index in [2.05, 4.69) is 0 Å². The van der Waals surface area contributed by atoms with Crippen molar-refractivity contribution in [2.24, 2.45) is 0 Å². The van der Waals surface area contributed by atoms with Crippen LogP contribution in [0.15, 0.2) is 42.5 Å². The van der Waals surface area contributed by atoms with Crippen molar-refractivity contribution in [2.45, 2.75) is 0 Å². The van der Waals surface area contributed by atoms with Crippen molar-refractivity contribution in [1.29, 1.82) is 0 Å². The van der Waals surface area contributed by atoms with Gasteiger partial charge in [-0.15, -0.1) is 0 Å². The Hall–Kier alpha value is -2.82. The van der Waals surface area contributed by atoms with Gasteiger partial charge in [0.25, 0.3) is 11.8 Å². The van der Waals surface area contributed by atoms with Crippen LogP contribution in [0, 0.1) is 0 Å². The van der Waals surface area contributed by atoms with Gasteiger partial charge in [-0.25, -0.2) is 4.90 Å². The highest BCUT2D eigenvalue weighted by molar-refractivity contribution is 6.32.